The number of hydrogen-bond donors (Lipinski definition) is 2. The first kappa shape index (κ1) is 27.1. The number of rotatable bonds is 8. The number of phenolic OH excluding ortho intramolecular Hbond substituents is 1. The summed E-state index contributed by atoms with van der Waals surface area (Å²) in [5.41, 5.74) is 5.33. The first-order valence-corrected chi connectivity index (χ1v) is 13.1. The van der Waals surface area contributed by atoms with Gasteiger partial charge >= 0.3 is 5.97 Å². The molecule has 0 atom stereocenters. The van der Waals surface area contributed by atoms with Crippen LogP contribution in [0.5, 0.6) is 11.5 Å². The number of aromatic carboxylic acids is 1. The predicted molar refractivity (Wildman–Crippen MR) is 159 cm³/mol. The monoisotopic (exact) mass is 570 g/mol. The minimum absolute atomic E-state index is 0.207. The number of aromatic hydroxyl groups is 1. The summed E-state index contributed by atoms with van der Waals surface area (Å²) < 4.78 is 7.58. The molecule has 0 bridgehead atoms. The third kappa shape index (κ3) is 6.04. The van der Waals surface area contributed by atoms with Crippen molar-refractivity contribution in [3.63, 3.8) is 0 Å². The molecule has 0 saturated carbocycles. The molecule has 0 aliphatic heterocycles. The molecule has 0 aliphatic carbocycles. The molecule has 0 amide bonds. The van der Waals surface area contributed by atoms with E-state index in [9.17, 15) is 15.0 Å². The molecule has 5 aromatic rings. The lowest BCUT2D eigenvalue weighted by Crippen LogP contribution is -2.02. The summed E-state index contributed by atoms with van der Waals surface area (Å²) in [4.78, 5) is 16.1. The number of methoxy groups -OCH3 is 1. The number of halogens is 2. The minimum atomic E-state index is -0.971. The maximum absolute atomic E-state index is 11.3. The van der Waals surface area contributed by atoms with E-state index in [4.69, 9.17) is 32.9 Å². The summed E-state index contributed by atoms with van der Waals surface area (Å²) in [6.07, 6.45) is 5.74. The van der Waals surface area contributed by atoms with Crippen molar-refractivity contribution in [2.24, 2.45) is 0 Å². The minimum Gasteiger partial charge on any atom is -0.508 e. The Kier molecular flexibility index (Phi) is 7.91. The van der Waals surface area contributed by atoms with Crippen molar-refractivity contribution >= 4 is 41.3 Å². The van der Waals surface area contributed by atoms with Crippen molar-refractivity contribution in [2.75, 3.05) is 7.11 Å². The van der Waals surface area contributed by atoms with Crippen LogP contribution in [-0.4, -0.2) is 32.8 Å². The van der Waals surface area contributed by atoms with E-state index in [2.05, 4.69) is 0 Å². The number of carbonyl (C=O) groups is 1. The number of nitrogens with zero attached hydrogens (tertiary/aromatic N) is 2. The Hall–Kier alpha value is -4.52. The zero-order valence-electron chi connectivity index (χ0n) is 21.4. The Balaban J connectivity index is 1.54. The van der Waals surface area contributed by atoms with Gasteiger partial charge in [0.1, 0.15) is 17.3 Å². The van der Waals surface area contributed by atoms with Gasteiger partial charge < -0.3 is 19.5 Å². The molecule has 40 heavy (non-hydrogen) atoms. The molecule has 8 heteroatoms. The van der Waals surface area contributed by atoms with Crippen LogP contribution in [0.2, 0.25) is 10.0 Å². The summed E-state index contributed by atoms with van der Waals surface area (Å²) in [6, 6.07) is 24.9. The number of carboxylic acid groups (broad SMARTS) is 1. The number of benzene rings is 4. The predicted octanol–water partition coefficient (Wildman–Crippen LogP) is 8.16. The van der Waals surface area contributed by atoms with Gasteiger partial charge in [0.2, 0.25) is 0 Å². The normalized spacial score (nSPS) is 11.2. The molecule has 0 radical (unpaired) electrons. The van der Waals surface area contributed by atoms with Crippen LogP contribution < -0.4 is 4.74 Å². The highest BCUT2D eigenvalue weighted by atomic mass is 35.5. The van der Waals surface area contributed by atoms with E-state index in [1.54, 1.807) is 55.6 Å². The van der Waals surface area contributed by atoms with Crippen LogP contribution in [0.4, 0.5) is 0 Å². The number of carboxylic acids is 1. The SMILES string of the molecule is COc1ccc(-c2ccc(O)cc2)cc1C=Cc1nc(-c2ccc(Cl)cc2Cl)cn1Cc1ccc(C(=O)O)cc1. The van der Waals surface area contributed by atoms with Crippen LogP contribution in [-0.2, 0) is 6.54 Å². The summed E-state index contributed by atoms with van der Waals surface area (Å²) in [5.74, 6) is 0.599. The number of phenols is 1. The third-order valence-electron chi connectivity index (χ3n) is 6.41. The molecule has 0 fully saturated rings. The fourth-order valence-electron chi connectivity index (χ4n) is 4.33. The van der Waals surface area contributed by atoms with Gasteiger partial charge in [-0.3, -0.25) is 0 Å². The topological polar surface area (TPSA) is 84.6 Å². The summed E-state index contributed by atoms with van der Waals surface area (Å²) in [6.45, 7) is 0.461. The van der Waals surface area contributed by atoms with Crippen molar-refractivity contribution in [1.82, 2.24) is 9.55 Å². The van der Waals surface area contributed by atoms with Gasteiger partial charge in [-0.05, 0) is 83.4 Å². The second kappa shape index (κ2) is 11.7. The molecule has 4 aromatic carbocycles. The van der Waals surface area contributed by atoms with E-state index in [0.29, 0.717) is 33.9 Å². The van der Waals surface area contributed by atoms with Gasteiger partial charge in [-0.1, -0.05) is 53.5 Å². The molecular weight excluding hydrogens is 547 g/mol. The van der Waals surface area contributed by atoms with E-state index in [-0.39, 0.29) is 11.3 Å². The molecule has 5 rings (SSSR count). The lowest BCUT2D eigenvalue weighted by atomic mass is 10.0. The Morgan fingerprint density at radius 1 is 0.925 bits per heavy atom. The van der Waals surface area contributed by atoms with Crippen LogP contribution in [0.3, 0.4) is 0 Å². The lowest BCUT2D eigenvalue weighted by molar-refractivity contribution is 0.0697. The Bertz CT molecular complexity index is 1710. The lowest BCUT2D eigenvalue weighted by Gasteiger charge is -2.09. The van der Waals surface area contributed by atoms with Gasteiger partial charge in [0.05, 0.1) is 23.4 Å². The Morgan fingerprint density at radius 3 is 2.33 bits per heavy atom. The number of hydrogen-bond acceptors (Lipinski definition) is 4. The summed E-state index contributed by atoms with van der Waals surface area (Å²) in [5, 5.41) is 19.9. The van der Waals surface area contributed by atoms with Crippen LogP contribution >= 0.6 is 23.2 Å². The average Bonchev–Trinajstić information content (AvgIpc) is 3.34. The van der Waals surface area contributed by atoms with Crippen molar-refractivity contribution < 1.29 is 19.7 Å². The van der Waals surface area contributed by atoms with E-state index in [0.717, 1.165) is 27.8 Å². The molecule has 0 spiro atoms. The zero-order valence-corrected chi connectivity index (χ0v) is 22.9. The van der Waals surface area contributed by atoms with Gasteiger partial charge in [0.25, 0.3) is 0 Å². The Morgan fingerprint density at radius 2 is 1.65 bits per heavy atom. The average molecular weight is 571 g/mol. The van der Waals surface area contributed by atoms with Gasteiger partial charge in [-0.25, -0.2) is 9.78 Å². The molecule has 1 aromatic heterocycles. The number of imidazole rings is 1. The smallest absolute Gasteiger partial charge is 0.335 e. The van der Waals surface area contributed by atoms with Crippen molar-refractivity contribution in [2.45, 2.75) is 6.54 Å². The van der Waals surface area contributed by atoms with Crippen molar-refractivity contribution in [3.8, 4) is 33.9 Å². The first-order valence-electron chi connectivity index (χ1n) is 12.3. The van der Waals surface area contributed by atoms with Gasteiger partial charge in [0.15, 0.2) is 0 Å². The summed E-state index contributed by atoms with van der Waals surface area (Å²) >= 11 is 12.6. The molecule has 2 N–H and O–H groups in total. The van der Waals surface area contributed by atoms with E-state index >= 15 is 0 Å². The highest BCUT2D eigenvalue weighted by Gasteiger charge is 2.13. The third-order valence-corrected chi connectivity index (χ3v) is 6.96. The van der Waals surface area contributed by atoms with Crippen LogP contribution in [0.1, 0.15) is 27.3 Å². The highest BCUT2D eigenvalue weighted by molar-refractivity contribution is 6.36. The second-order valence-electron chi connectivity index (χ2n) is 9.08. The molecule has 200 valence electrons. The fraction of sp³-hybridized carbons (Fsp3) is 0.0625. The standard InChI is InChI=1S/C32H24Cl2N2O4/c1-40-30-14-8-23(21-6-11-26(37)12-7-21)16-24(30)9-15-31-35-29(27-13-10-25(33)17-28(27)34)19-36(31)18-20-2-4-22(5-3-20)32(38)39/h2-17,19,37H,18H2,1H3,(H,38,39). The van der Waals surface area contributed by atoms with Gasteiger partial charge in [0, 0.05) is 28.9 Å². The van der Waals surface area contributed by atoms with Crippen LogP contribution in [0.25, 0.3) is 34.5 Å². The maximum atomic E-state index is 11.3. The molecule has 0 unspecified atom stereocenters. The van der Waals surface area contributed by atoms with Crippen molar-refractivity contribution in [3.05, 3.63) is 124 Å². The van der Waals surface area contributed by atoms with Crippen LogP contribution in [0, 0.1) is 0 Å². The van der Waals surface area contributed by atoms with Gasteiger partial charge in [-0.15, -0.1) is 0 Å². The Labute approximate surface area is 241 Å². The zero-order chi connectivity index (χ0) is 28.2. The number of aromatic nitrogens is 2. The largest absolute Gasteiger partial charge is 0.508 e. The van der Waals surface area contributed by atoms with Crippen LogP contribution in [0.15, 0.2) is 91.1 Å². The molecule has 0 aliphatic rings. The molecular formula is C32H24Cl2N2O4. The van der Waals surface area contributed by atoms with E-state index in [1.165, 1.54) is 0 Å². The molecule has 0 saturated heterocycles. The van der Waals surface area contributed by atoms with Gasteiger partial charge in [-0.2, -0.15) is 0 Å². The molecule has 1 heterocycles. The first-order chi connectivity index (χ1) is 19.3. The quantitative estimate of drug-likeness (QED) is 0.196. The van der Waals surface area contributed by atoms with Crippen molar-refractivity contribution in [1.29, 1.82) is 0 Å². The van der Waals surface area contributed by atoms with E-state index < -0.39 is 5.97 Å². The number of ether oxygens (including phenoxy) is 1. The maximum Gasteiger partial charge on any atom is 0.335 e. The second-order valence-corrected chi connectivity index (χ2v) is 9.92. The van der Waals surface area contributed by atoms with E-state index in [1.807, 2.05) is 59.3 Å². The highest BCUT2D eigenvalue weighted by Crippen LogP contribution is 2.32. The summed E-state index contributed by atoms with van der Waals surface area (Å²) in [7, 11) is 1.62. The fourth-order valence-corrected chi connectivity index (χ4v) is 4.83. The molecule has 6 nitrogen and oxygen atoms in total.